The number of nitrogens with zero attached hydrogens (tertiary/aromatic N) is 1. The maximum Gasteiger partial charge on any atom is 0.0774 e. The van der Waals surface area contributed by atoms with E-state index < -0.39 is 0 Å². The van der Waals surface area contributed by atoms with E-state index in [9.17, 15) is 0 Å². The normalized spacial score (nSPS) is 14.1. The number of fused-ring (bicyclic) bond motifs is 1. The van der Waals surface area contributed by atoms with Crippen LogP contribution < -0.4 is 5.73 Å². The van der Waals surface area contributed by atoms with Gasteiger partial charge in [0, 0.05) is 23.2 Å². The number of nitrogens with two attached hydrogens (primary N) is 1. The standard InChI is InChI=1S/C14H16N2/c1-10(11(2)15)9-13-6-3-5-12-7-4-8-16-14(12)13/h3-9,11H,15H2,1-2H3/b10-9+. The molecule has 16 heavy (non-hydrogen) atoms. The summed E-state index contributed by atoms with van der Waals surface area (Å²) in [5, 5.41) is 1.16. The minimum atomic E-state index is 0.0824. The van der Waals surface area contributed by atoms with Crippen molar-refractivity contribution in [3.8, 4) is 0 Å². The third-order valence-electron chi connectivity index (χ3n) is 2.77. The van der Waals surface area contributed by atoms with E-state index in [1.54, 1.807) is 0 Å². The van der Waals surface area contributed by atoms with Crippen LogP contribution in [-0.2, 0) is 0 Å². The van der Waals surface area contributed by atoms with Gasteiger partial charge in [0.25, 0.3) is 0 Å². The molecule has 0 radical (unpaired) electrons. The molecule has 2 heteroatoms. The summed E-state index contributed by atoms with van der Waals surface area (Å²) in [6.07, 6.45) is 3.93. The molecular weight excluding hydrogens is 196 g/mol. The van der Waals surface area contributed by atoms with Gasteiger partial charge in [0.1, 0.15) is 0 Å². The highest BCUT2D eigenvalue weighted by molar-refractivity contribution is 5.87. The highest BCUT2D eigenvalue weighted by atomic mass is 14.6. The van der Waals surface area contributed by atoms with E-state index in [1.165, 1.54) is 0 Å². The lowest BCUT2D eigenvalue weighted by Crippen LogP contribution is -2.15. The number of benzene rings is 1. The SMILES string of the molecule is C/C(=C\c1cccc2cccnc12)C(C)N. The zero-order chi connectivity index (χ0) is 11.5. The fourth-order valence-electron chi connectivity index (χ4n) is 1.62. The van der Waals surface area contributed by atoms with E-state index in [4.69, 9.17) is 5.73 Å². The summed E-state index contributed by atoms with van der Waals surface area (Å²) in [5.74, 6) is 0. The lowest BCUT2D eigenvalue weighted by Gasteiger charge is -2.06. The molecule has 2 N–H and O–H groups in total. The summed E-state index contributed by atoms with van der Waals surface area (Å²) in [6.45, 7) is 4.04. The van der Waals surface area contributed by atoms with Gasteiger partial charge in [-0.05, 0) is 19.9 Å². The molecule has 1 atom stereocenters. The van der Waals surface area contributed by atoms with Crippen molar-refractivity contribution in [2.75, 3.05) is 0 Å². The Hall–Kier alpha value is -1.67. The number of hydrogen-bond donors (Lipinski definition) is 1. The Morgan fingerprint density at radius 1 is 1.31 bits per heavy atom. The predicted molar refractivity (Wildman–Crippen MR) is 69.0 cm³/mol. The quantitative estimate of drug-likeness (QED) is 0.831. The second-order valence-corrected chi connectivity index (χ2v) is 4.10. The van der Waals surface area contributed by atoms with E-state index in [1.807, 2.05) is 32.2 Å². The van der Waals surface area contributed by atoms with Crippen LogP contribution in [0.2, 0.25) is 0 Å². The van der Waals surface area contributed by atoms with Crippen LogP contribution in [0.1, 0.15) is 19.4 Å². The molecule has 1 aromatic heterocycles. The average molecular weight is 212 g/mol. The minimum absolute atomic E-state index is 0.0824. The second kappa shape index (κ2) is 4.45. The third-order valence-corrected chi connectivity index (χ3v) is 2.77. The predicted octanol–water partition coefficient (Wildman–Crippen LogP) is 2.99. The number of hydrogen-bond acceptors (Lipinski definition) is 2. The molecule has 2 rings (SSSR count). The molecule has 0 fully saturated rings. The molecule has 0 aliphatic carbocycles. The molecule has 1 aromatic carbocycles. The number of aromatic nitrogens is 1. The van der Waals surface area contributed by atoms with Gasteiger partial charge in [-0.25, -0.2) is 0 Å². The van der Waals surface area contributed by atoms with Crippen molar-refractivity contribution in [3.05, 3.63) is 47.7 Å². The van der Waals surface area contributed by atoms with Crippen molar-refractivity contribution in [2.24, 2.45) is 5.73 Å². The summed E-state index contributed by atoms with van der Waals surface area (Å²) < 4.78 is 0. The fraction of sp³-hybridized carbons (Fsp3) is 0.214. The molecule has 0 amide bonds. The maximum atomic E-state index is 5.84. The van der Waals surface area contributed by atoms with Gasteiger partial charge in [-0.3, -0.25) is 4.98 Å². The number of para-hydroxylation sites is 1. The van der Waals surface area contributed by atoms with Crippen molar-refractivity contribution in [3.63, 3.8) is 0 Å². The Morgan fingerprint density at radius 2 is 2.06 bits per heavy atom. The van der Waals surface area contributed by atoms with Gasteiger partial charge in [-0.1, -0.05) is 35.9 Å². The molecule has 82 valence electrons. The zero-order valence-electron chi connectivity index (χ0n) is 9.64. The van der Waals surface area contributed by atoms with Crippen LogP contribution in [0.4, 0.5) is 0 Å². The van der Waals surface area contributed by atoms with E-state index in [2.05, 4.69) is 29.3 Å². The Labute approximate surface area is 95.8 Å². The molecule has 1 heterocycles. The number of rotatable bonds is 2. The first-order chi connectivity index (χ1) is 7.68. The molecule has 0 saturated heterocycles. The molecule has 1 unspecified atom stereocenters. The summed E-state index contributed by atoms with van der Waals surface area (Å²) >= 11 is 0. The van der Waals surface area contributed by atoms with Crippen LogP contribution in [0.15, 0.2) is 42.1 Å². The van der Waals surface area contributed by atoms with Gasteiger partial charge >= 0.3 is 0 Å². The summed E-state index contributed by atoms with van der Waals surface area (Å²) in [6, 6.07) is 10.3. The van der Waals surface area contributed by atoms with Gasteiger partial charge in [-0.15, -0.1) is 0 Å². The molecule has 0 spiro atoms. The van der Waals surface area contributed by atoms with Crippen molar-refractivity contribution >= 4 is 17.0 Å². The van der Waals surface area contributed by atoms with Crippen molar-refractivity contribution in [1.82, 2.24) is 4.98 Å². The van der Waals surface area contributed by atoms with Crippen LogP contribution in [0, 0.1) is 0 Å². The molecule has 2 aromatic rings. The first-order valence-corrected chi connectivity index (χ1v) is 5.46. The molecular formula is C14H16N2. The van der Waals surface area contributed by atoms with Crippen molar-refractivity contribution in [1.29, 1.82) is 0 Å². The lowest BCUT2D eigenvalue weighted by molar-refractivity contribution is 0.868. The first-order valence-electron chi connectivity index (χ1n) is 5.46. The van der Waals surface area contributed by atoms with E-state index >= 15 is 0 Å². The third kappa shape index (κ3) is 2.12. The monoisotopic (exact) mass is 212 g/mol. The minimum Gasteiger partial charge on any atom is -0.324 e. The van der Waals surface area contributed by atoms with Crippen molar-refractivity contribution in [2.45, 2.75) is 19.9 Å². The van der Waals surface area contributed by atoms with Gasteiger partial charge in [0.05, 0.1) is 5.52 Å². The van der Waals surface area contributed by atoms with Gasteiger partial charge in [-0.2, -0.15) is 0 Å². The van der Waals surface area contributed by atoms with E-state index in [-0.39, 0.29) is 6.04 Å². The highest BCUT2D eigenvalue weighted by Crippen LogP contribution is 2.19. The Morgan fingerprint density at radius 3 is 2.81 bits per heavy atom. The molecule has 0 aliphatic heterocycles. The van der Waals surface area contributed by atoms with Crippen LogP contribution >= 0.6 is 0 Å². The average Bonchev–Trinajstić information content (AvgIpc) is 2.29. The van der Waals surface area contributed by atoms with Gasteiger partial charge in [0.2, 0.25) is 0 Å². The highest BCUT2D eigenvalue weighted by Gasteiger charge is 2.01. The second-order valence-electron chi connectivity index (χ2n) is 4.10. The van der Waals surface area contributed by atoms with Crippen LogP contribution in [0.25, 0.3) is 17.0 Å². The zero-order valence-corrected chi connectivity index (χ0v) is 9.64. The Balaban J connectivity index is 2.57. The Bertz CT molecular complexity index is 522. The van der Waals surface area contributed by atoms with Crippen LogP contribution in [-0.4, -0.2) is 11.0 Å². The van der Waals surface area contributed by atoms with Gasteiger partial charge in [0.15, 0.2) is 0 Å². The lowest BCUT2D eigenvalue weighted by atomic mass is 10.0. The molecule has 0 bridgehead atoms. The summed E-state index contributed by atoms with van der Waals surface area (Å²) in [5.41, 5.74) is 9.17. The van der Waals surface area contributed by atoms with Crippen LogP contribution in [0.5, 0.6) is 0 Å². The summed E-state index contributed by atoms with van der Waals surface area (Å²) in [7, 11) is 0. The fourth-order valence-corrected chi connectivity index (χ4v) is 1.62. The largest absolute Gasteiger partial charge is 0.324 e. The van der Waals surface area contributed by atoms with E-state index in [0.29, 0.717) is 0 Å². The molecule has 0 saturated carbocycles. The van der Waals surface area contributed by atoms with Crippen LogP contribution in [0.3, 0.4) is 0 Å². The van der Waals surface area contributed by atoms with Gasteiger partial charge < -0.3 is 5.73 Å². The van der Waals surface area contributed by atoms with E-state index in [0.717, 1.165) is 22.0 Å². The summed E-state index contributed by atoms with van der Waals surface area (Å²) in [4.78, 5) is 4.41. The van der Waals surface area contributed by atoms with Crippen molar-refractivity contribution < 1.29 is 0 Å². The molecule has 2 nitrogen and oxygen atoms in total. The smallest absolute Gasteiger partial charge is 0.0774 e. The number of pyridine rings is 1. The Kier molecular flexibility index (Phi) is 3.02. The maximum absolute atomic E-state index is 5.84. The molecule has 0 aliphatic rings. The first kappa shape index (κ1) is 10.8. The topological polar surface area (TPSA) is 38.9 Å².